The van der Waals surface area contributed by atoms with Crippen LogP contribution < -0.4 is 0 Å². The van der Waals surface area contributed by atoms with Gasteiger partial charge in [-0.25, -0.2) is 0 Å². The van der Waals surface area contributed by atoms with E-state index >= 15 is 0 Å². The van der Waals surface area contributed by atoms with E-state index in [-0.39, 0.29) is 12.5 Å². The van der Waals surface area contributed by atoms with Gasteiger partial charge in [0.05, 0.1) is 0 Å². The zero-order valence-corrected chi connectivity index (χ0v) is 13.3. The fourth-order valence-electron chi connectivity index (χ4n) is 3.05. The molecule has 0 fully saturated rings. The molecule has 0 aromatic heterocycles. The molecule has 22 heavy (non-hydrogen) atoms. The minimum Gasteiger partial charge on any atom is -0.396 e. The molecule has 2 aromatic rings. The minimum absolute atomic E-state index is 0.0560. The number of benzene rings is 2. The van der Waals surface area contributed by atoms with Crippen molar-refractivity contribution in [2.24, 2.45) is 5.92 Å². The maximum absolute atomic E-state index is 11.7. The second-order valence-electron chi connectivity index (χ2n) is 5.97. The summed E-state index contributed by atoms with van der Waals surface area (Å²) in [6, 6.07) is 19.5. The summed E-state index contributed by atoms with van der Waals surface area (Å²) in [6.45, 7) is 0.751. The van der Waals surface area contributed by atoms with Crippen molar-refractivity contribution in [1.82, 2.24) is 4.90 Å². The van der Waals surface area contributed by atoms with E-state index in [1.54, 1.807) is 0 Å². The standard InChI is InChI=1S/C19H25NO2/c1-20(2)15-18(13-14-21)19(22,16-9-5-3-6-10-16)17-11-7-4-8-12-17/h3-12,18,21-22H,13-15H2,1-2H3. The van der Waals surface area contributed by atoms with Gasteiger partial charge in [-0.3, -0.25) is 0 Å². The fourth-order valence-corrected chi connectivity index (χ4v) is 3.05. The van der Waals surface area contributed by atoms with Gasteiger partial charge in [-0.2, -0.15) is 0 Å². The Labute approximate surface area is 132 Å². The zero-order valence-electron chi connectivity index (χ0n) is 13.3. The van der Waals surface area contributed by atoms with Gasteiger partial charge < -0.3 is 15.1 Å². The van der Waals surface area contributed by atoms with Crippen LogP contribution in [0.2, 0.25) is 0 Å². The molecule has 0 saturated heterocycles. The summed E-state index contributed by atoms with van der Waals surface area (Å²) in [5.41, 5.74) is 0.609. The van der Waals surface area contributed by atoms with E-state index in [1.807, 2.05) is 74.8 Å². The highest BCUT2D eigenvalue weighted by molar-refractivity contribution is 5.37. The third kappa shape index (κ3) is 3.55. The van der Waals surface area contributed by atoms with Gasteiger partial charge in [-0.05, 0) is 31.6 Å². The van der Waals surface area contributed by atoms with E-state index in [4.69, 9.17) is 0 Å². The highest BCUT2D eigenvalue weighted by atomic mass is 16.3. The molecule has 118 valence electrons. The lowest BCUT2D eigenvalue weighted by atomic mass is 9.74. The molecule has 2 N–H and O–H groups in total. The summed E-state index contributed by atoms with van der Waals surface area (Å²) >= 11 is 0. The van der Waals surface area contributed by atoms with Crippen molar-refractivity contribution in [3.63, 3.8) is 0 Å². The number of nitrogens with zero attached hydrogens (tertiary/aromatic N) is 1. The van der Waals surface area contributed by atoms with Crippen LogP contribution in [0.3, 0.4) is 0 Å². The van der Waals surface area contributed by atoms with Crippen molar-refractivity contribution in [2.45, 2.75) is 12.0 Å². The van der Waals surface area contributed by atoms with E-state index in [2.05, 4.69) is 4.90 Å². The zero-order chi connectivity index (χ0) is 16.0. The van der Waals surface area contributed by atoms with Crippen molar-refractivity contribution in [3.8, 4) is 0 Å². The van der Waals surface area contributed by atoms with Crippen LogP contribution in [0.4, 0.5) is 0 Å². The van der Waals surface area contributed by atoms with Gasteiger partial charge in [0.1, 0.15) is 5.60 Å². The maximum Gasteiger partial charge on any atom is 0.119 e. The molecule has 0 aliphatic heterocycles. The van der Waals surface area contributed by atoms with Crippen LogP contribution in [0, 0.1) is 5.92 Å². The van der Waals surface area contributed by atoms with Crippen LogP contribution in [0.15, 0.2) is 60.7 Å². The smallest absolute Gasteiger partial charge is 0.119 e. The summed E-state index contributed by atoms with van der Waals surface area (Å²) in [6.07, 6.45) is 0.540. The highest BCUT2D eigenvalue weighted by Gasteiger charge is 2.39. The van der Waals surface area contributed by atoms with Gasteiger partial charge in [0.25, 0.3) is 0 Å². The molecule has 0 saturated carbocycles. The van der Waals surface area contributed by atoms with Crippen molar-refractivity contribution in [2.75, 3.05) is 27.2 Å². The number of hydrogen-bond acceptors (Lipinski definition) is 3. The molecule has 1 unspecified atom stereocenters. The Balaban J connectivity index is 2.53. The molecule has 0 radical (unpaired) electrons. The van der Waals surface area contributed by atoms with Gasteiger partial charge in [0, 0.05) is 19.1 Å². The van der Waals surface area contributed by atoms with E-state index in [0.29, 0.717) is 13.0 Å². The molecular weight excluding hydrogens is 274 g/mol. The lowest BCUT2D eigenvalue weighted by molar-refractivity contribution is -0.00553. The Morgan fingerprint density at radius 1 is 0.909 bits per heavy atom. The van der Waals surface area contributed by atoms with Crippen LogP contribution >= 0.6 is 0 Å². The molecule has 0 aliphatic carbocycles. The van der Waals surface area contributed by atoms with E-state index in [1.165, 1.54) is 0 Å². The summed E-state index contributed by atoms with van der Waals surface area (Å²) in [4.78, 5) is 2.05. The molecule has 2 rings (SSSR count). The lowest BCUT2D eigenvalue weighted by Gasteiger charge is -2.38. The first-order valence-corrected chi connectivity index (χ1v) is 7.68. The monoisotopic (exact) mass is 299 g/mol. The third-order valence-corrected chi connectivity index (χ3v) is 4.08. The van der Waals surface area contributed by atoms with Gasteiger partial charge in [-0.15, -0.1) is 0 Å². The lowest BCUT2D eigenvalue weighted by Crippen LogP contribution is -2.42. The predicted molar refractivity (Wildman–Crippen MR) is 89.6 cm³/mol. The second kappa shape index (κ2) is 7.54. The summed E-state index contributed by atoms with van der Waals surface area (Å²) in [5.74, 6) is -0.0997. The van der Waals surface area contributed by atoms with Crippen LogP contribution in [-0.4, -0.2) is 42.4 Å². The van der Waals surface area contributed by atoms with E-state index in [9.17, 15) is 10.2 Å². The van der Waals surface area contributed by atoms with E-state index in [0.717, 1.165) is 11.1 Å². The van der Waals surface area contributed by atoms with Crippen molar-refractivity contribution in [1.29, 1.82) is 0 Å². The summed E-state index contributed by atoms with van der Waals surface area (Å²) < 4.78 is 0. The summed E-state index contributed by atoms with van der Waals surface area (Å²) in [7, 11) is 3.97. The van der Waals surface area contributed by atoms with Gasteiger partial charge in [0.15, 0.2) is 0 Å². The highest BCUT2D eigenvalue weighted by Crippen LogP contribution is 2.38. The molecule has 0 amide bonds. The molecule has 1 atom stereocenters. The van der Waals surface area contributed by atoms with Crippen molar-refractivity contribution < 1.29 is 10.2 Å². The third-order valence-electron chi connectivity index (χ3n) is 4.08. The van der Waals surface area contributed by atoms with Crippen LogP contribution in [0.25, 0.3) is 0 Å². The molecule has 2 aromatic carbocycles. The number of rotatable bonds is 7. The van der Waals surface area contributed by atoms with Crippen molar-refractivity contribution >= 4 is 0 Å². The first-order chi connectivity index (χ1) is 10.6. The van der Waals surface area contributed by atoms with Crippen LogP contribution in [0.1, 0.15) is 17.5 Å². The molecule has 0 bridgehead atoms. The Bertz CT molecular complexity index is 515. The maximum atomic E-state index is 11.7. The molecule has 3 nitrogen and oxygen atoms in total. The number of aliphatic hydroxyl groups excluding tert-OH is 1. The fraction of sp³-hybridized carbons (Fsp3) is 0.368. The van der Waals surface area contributed by atoms with Gasteiger partial charge in [0.2, 0.25) is 0 Å². The minimum atomic E-state index is -1.12. The quantitative estimate of drug-likeness (QED) is 0.825. The molecular formula is C19H25NO2. The Morgan fingerprint density at radius 3 is 1.73 bits per heavy atom. The Morgan fingerprint density at radius 2 is 1.36 bits per heavy atom. The average molecular weight is 299 g/mol. The van der Waals surface area contributed by atoms with Crippen molar-refractivity contribution in [3.05, 3.63) is 71.8 Å². The van der Waals surface area contributed by atoms with Crippen LogP contribution in [-0.2, 0) is 5.60 Å². The predicted octanol–water partition coefficient (Wildman–Crippen LogP) is 2.48. The SMILES string of the molecule is CN(C)CC(CCO)C(O)(c1ccccc1)c1ccccc1. The van der Waals surface area contributed by atoms with Gasteiger partial charge >= 0.3 is 0 Å². The molecule has 0 heterocycles. The summed E-state index contributed by atoms with van der Waals surface area (Å²) in [5, 5.41) is 21.1. The first kappa shape index (κ1) is 16.7. The Kier molecular flexibility index (Phi) is 5.72. The molecule has 0 spiro atoms. The normalized spacial score (nSPS) is 13.3. The number of hydrogen-bond donors (Lipinski definition) is 2. The van der Waals surface area contributed by atoms with Gasteiger partial charge in [-0.1, -0.05) is 60.7 Å². The molecule has 3 heteroatoms. The Hall–Kier alpha value is -1.68. The molecule has 0 aliphatic rings. The first-order valence-electron chi connectivity index (χ1n) is 7.68. The second-order valence-corrected chi connectivity index (χ2v) is 5.97. The van der Waals surface area contributed by atoms with E-state index < -0.39 is 5.60 Å². The topological polar surface area (TPSA) is 43.7 Å². The van der Waals surface area contributed by atoms with Crippen LogP contribution in [0.5, 0.6) is 0 Å². The largest absolute Gasteiger partial charge is 0.396 e. The number of aliphatic hydroxyl groups is 2. The average Bonchev–Trinajstić information content (AvgIpc) is 2.55.